The number of likely N-dealkylation sites (tertiary alicyclic amines) is 1. The van der Waals surface area contributed by atoms with Crippen molar-refractivity contribution in [3.63, 3.8) is 0 Å². The molecule has 0 spiro atoms. The fourth-order valence-corrected chi connectivity index (χ4v) is 4.95. The lowest BCUT2D eigenvalue weighted by atomic mass is 9.71. The van der Waals surface area contributed by atoms with Gasteiger partial charge in [0.2, 0.25) is 11.8 Å². The standard InChI is InChI=1S/C26H36N2O5/c1-18(2)13-15-27-23(29)16-21-24(30)28(17-19-9-11-20(32-3)12-10-19)22-8-6-5-7-14-26(21,22)25(31)33-4/h8-12,18,21H,5-7,13-17H2,1-4H3,(H,27,29)/t21-,26-/m0/s1. The zero-order valence-electron chi connectivity index (χ0n) is 20.2. The van der Waals surface area contributed by atoms with E-state index < -0.39 is 17.3 Å². The molecule has 2 atom stereocenters. The van der Waals surface area contributed by atoms with E-state index in [1.54, 1.807) is 12.0 Å². The molecule has 0 radical (unpaired) electrons. The van der Waals surface area contributed by atoms with Crippen LogP contribution in [0.5, 0.6) is 5.75 Å². The molecule has 33 heavy (non-hydrogen) atoms. The molecule has 1 fully saturated rings. The monoisotopic (exact) mass is 456 g/mol. The molecule has 1 aromatic carbocycles. The zero-order valence-corrected chi connectivity index (χ0v) is 20.2. The number of nitrogens with one attached hydrogen (secondary N) is 1. The molecule has 0 unspecified atom stereocenters. The Hall–Kier alpha value is -2.83. The molecule has 1 N–H and O–H groups in total. The summed E-state index contributed by atoms with van der Waals surface area (Å²) in [5.41, 5.74) is 0.493. The van der Waals surface area contributed by atoms with Gasteiger partial charge in [0.25, 0.3) is 0 Å². The van der Waals surface area contributed by atoms with Crippen LogP contribution in [0.25, 0.3) is 0 Å². The summed E-state index contributed by atoms with van der Waals surface area (Å²) in [4.78, 5) is 41.5. The maximum Gasteiger partial charge on any atom is 0.318 e. The van der Waals surface area contributed by atoms with Crippen LogP contribution in [0.1, 0.15) is 57.9 Å². The molecule has 1 aliphatic carbocycles. The van der Waals surface area contributed by atoms with Gasteiger partial charge in [-0.15, -0.1) is 0 Å². The Kier molecular flexibility index (Phi) is 8.16. The number of ether oxygens (including phenoxy) is 2. The van der Waals surface area contributed by atoms with Gasteiger partial charge in [0, 0.05) is 18.7 Å². The lowest BCUT2D eigenvalue weighted by Crippen LogP contribution is -2.41. The van der Waals surface area contributed by atoms with Gasteiger partial charge >= 0.3 is 5.97 Å². The number of methoxy groups -OCH3 is 2. The van der Waals surface area contributed by atoms with Gasteiger partial charge in [0.15, 0.2) is 0 Å². The fraction of sp³-hybridized carbons (Fsp3) is 0.577. The van der Waals surface area contributed by atoms with Crippen LogP contribution in [0, 0.1) is 17.3 Å². The van der Waals surface area contributed by atoms with Crippen LogP contribution >= 0.6 is 0 Å². The SMILES string of the molecule is COC(=O)[C@]12CCCCC=C1N(Cc1ccc(OC)cc1)C(=O)[C@@H]2CC(=O)NCCC(C)C. The number of allylic oxidation sites excluding steroid dienone is 1. The predicted octanol–water partition coefficient (Wildman–Crippen LogP) is 3.82. The van der Waals surface area contributed by atoms with Gasteiger partial charge in [-0.25, -0.2) is 0 Å². The molecule has 0 saturated carbocycles. The number of nitrogens with zero attached hydrogens (tertiary/aromatic N) is 1. The van der Waals surface area contributed by atoms with Gasteiger partial charge in [-0.2, -0.15) is 0 Å². The van der Waals surface area contributed by atoms with E-state index in [1.807, 2.05) is 30.3 Å². The number of carbonyl (C=O) groups excluding carboxylic acids is 3. The quantitative estimate of drug-likeness (QED) is 0.571. The molecule has 1 saturated heterocycles. The molecule has 3 rings (SSSR count). The maximum atomic E-state index is 13.7. The van der Waals surface area contributed by atoms with Gasteiger partial charge in [-0.05, 0) is 49.3 Å². The van der Waals surface area contributed by atoms with Crippen LogP contribution in [0.4, 0.5) is 0 Å². The topological polar surface area (TPSA) is 84.9 Å². The number of carbonyl (C=O) groups is 3. The normalized spacial score (nSPS) is 22.5. The smallest absolute Gasteiger partial charge is 0.318 e. The highest BCUT2D eigenvalue weighted by atomic mass is 16.5. The average molecular weight is 457 g/mol. The number of rotatable bonds is 9. The summed E-state index contributed by atoms with van der Waals surface area (Å²) in [6.45, 7) is 5.08. The molecular formula is C26H36N2O5. The Bertz CT molecular complexity index is 892. The van der Waals surface area contributed by atoms with Crippen molar-refractivity contribution < 1.29 is 23.9 Å². The van der Waals surface area contributed by atoms with Crippen molar-refractivity contribution in [1.82, 2.24) is 10.2 Å². The highest BCUT2D eigenvalue weighted by molar-refractivity contribution is 5.98. The predicted molar refractivity (Wildman–Crippen MR) is 125 cm³/mol. The minimum Gasteiger partial charge on any atom is -0.497 e. The van der Waals surface area contributed by atoms with Crippen molar-refractivity contribution in [2.45, 2.75) is 58.9 Å². The van der Waals surface area contributed by atoms with Crippen molar-refractivity contribution in [3.8, 4) is 5.75 Å². The minimum atomic E-state index is -1.12. The van der Waals surface area contributed by atoms with Crippen LogP contribution in [0.2, 0.25) is 0 Å². The summed E-state index contributed by atoms with van der Waals surface area (Å²) in [6, 6.07) is 7.53. The number of benzene rings is 1. The van der Waals surface area contributed by atoms with E-state index in [9.17, 15) is 14.4 Å². The number of hydrogen-bond donors (Lipinski definition) is 1. The summed E-state index contributed by atoms with van der Waals surface area (Å²) in [6.07, 6.45) is 5.85. The van der Waals surface area contributed by atoms with Crippen molar-refractivity contribution in [3.05, 3.63) is 41.6 Å². The second-order valence-corrected chi connectivity index (χ2v) is 9.36. The Morgan fingerprint density at radius 1 is 1.18 bits per heavy atom. The zero-order chi connectivity index (χ0) is 24.0. The largest absolute Gasteiger partial charge is 0.497 e. The first kappa shape index (κ1) is 24.8. The van der Waals surface area contributed by atoms with Crippen molar-refractivity contribution in [2.24, 2.45) is 17.3 Å². The Balaban J connectivity index is 1.93. The highest BCUT2D eigenvalue weighted by Crippen LogP contribution is 2.53. The molecule has 2 aliphatic rings. The molecule has 1 heterocycles. The summed E-state index contributed by atoms with van der Waals surface area (Å²) < 4.78 is 10.5. The first-order valence-corrected chi connectivity index (χ1v) is 11.8. The summed E-state index contributed by atoms with van der Waals surface area (Å²) >= 11 is 0. The molecule has 1 aliphatic heterocycles. The average Bonchev–Trinajstić information content (AvgIpc) is 2.94. The molecular weight excluding hydrogens is 420 g/mol. The molecule has 180 valence electrons. The van der Waals surface area contributed by atoms with Crippen LogP contribution < -0.4 is 10.1 Å². The van der Waals surface area contributed by atoms with Crippen molar-refractivity contribution >= 4 is 17.8 Å². The molecule has 7 nitrogen and oxygen atoms in total. The van der Waals surface area contributed by atoms with Crippen LogP contribution in [-0.4, -0.2) is 43.4 Å². The summed E-state index contributed by atoms with van der Waals surface area (Å²) in [5.74, 6) is -0.389. The Morgan fingerprint density at radius 3 is 2.55 bits per heavy atom. The van der Waals surface area contributed by atoms with Crippen molar-refractivity contribution in [2.75, 3.05) is 20.8 Å². The van der Waals surface area contributed by atoms with Crippen LogP contribution in [-0.2, 0) is 25.7 Å². The van der Waals surface area contributed by atoms with E-state index in [0.717, 1.165) is 37.0 Å². The van der Waals surface area contributed by atoms with E-state index in [1.165, 1.54) is 7.11 Å². The lowest BCUT2D eigenvalue weighted by molar-refractivity contribution is -0.155. The number of esters is 1. The van der Waals surface area contributed by atoms with Crippen molar-refractivity contribution in [1.29, 1.82) is 0 Å². The minimum absolute atomic E-state index is 0.0253. The second kappa shape index (κ2) is 10.9. The molecule has 2 amide bonds. The highest BCUT2D eigenvalue weighted by Gasteiger charge is 2.61. The Morgan fingerprint density at radius 2 is 1.91 bits per heavy atom. The van der Waals surface area contributed by atoms with E-state index in [0.29, 0.717) is 31.1 Å². The first-order chi connectivity index (χ1) is 15.8. The molecule has 1 aromatic rings. The van der Waals surface area contributed by atoms with Gasteiger partial charge in [0.1, 0.15) is 11.2 Å². The van der Waals surface area contributed by atoms with Gasteiger partial charge < -0.3 is 19.7 Å². The van der Waals surface area contributed by atoms with E-state index in [-0.39, 0.29) is 18.2 Å². The van der Waals surface area contributed by atoms with E-state index in [2.05, 4.69) is 19.2 Å². The van der Waals surface area contributed by atoms with E-state index in [4.69, 9.17) is 9.47 Å². The number of amides is 2. The third-order valence-corrected chi connectivity index (χ3v) is 6.75. The van der Waals surface area contributed by atoms with E-state index >= 15 is 0 Å². The summed E-state index contributed by atoms with van der Waals surface area (Å²) in [5, 5.41) is 2.93. The molecule has 0 bridgehead atoms. The third-order valence-electron chi connectivity index (χ3n) is 6.75. The lowest BCUT2D eigenvalue weighted by Gasteiger charge is -2.31. The van der Waals surface area contributed by atoms with Gasteiger partial charge in [0.05, 0.1) is 26.7 Å². The Labute approximate surface area is 196 Å². The van der Waals surface area contributed by atoms with Gasteiger partial charge in [-0.1, -0.05) is 38.5 Å². The first-order valence-electron chi connectivity index (χ1n) is 11.8. The number of fused-ring (bicyclic) bond motifs is 1. The maximum absolute atomic E-state index is 13.7. The summed E-state index contributed by atoms with van der Waals surface area (Å²) in [7, 11) is 2.97. The van der Waals surface area contributed by atoms with Gasteiger partial charge in [-0.3, -0.25) is 14.4 Å². The van der Waals surface area contributed by atoms with Crippen LogP contribution in [0.15, 0.2) is 36.0 Å². The number of hydrogen-bond acceptors (Lipinski definition) is 5. The third kappa shape index (κ3) is 5.23. The molecule has 7 heteroatoms. The fourth-order valence-electron chi connectivity index (χ4n) is 4.95. The van der Waals surface area contributed by atoms with Crippen LogP contribution in [0.3, 0.4) is 0 Å². The second-order valence-electron chi connectivity index (χ2n) is 9.36. The molecule has 0 aromatic heterocycles.